The third kappa shape index (κ3) is 5.50. The quantitative estimate of drug-likeness (QED) is 0.635. The standard InChI is InChI=1S/C13H27N3O/c1-3-8-16(10-11-5-6-11)9-4-7-13(2,15)12(14)17/h11H,3-10,15H2,1-2H3,(H2,14,17). The molecule has 1 rings (SSSR count). The van der Waals surface area contributed by atoms with Gasteiger partial charge in [0.15, 0.2) is 0 Å². The van der Waals surface area contributed by atoms with Gasteiger partial charge in [-0.05, 0) is 58.0 Å². The van der Waals surface area contributed by atoms with Gasteiger partial charge >= 0.3 is 0 Å². The van der Waals surface area contributed by atoms with Crippen LogP contribution in [0.5, 0.6) is 0 Å². The number of hydrogen-bond donors (Lipinski definition) is 2. The fourth-order valence-electron chi connectivity index (χ4n) is 2.07. The fraction of sp³-hybridized carbons (Fsp3) is 0.923. The molecule has 0 aromatic heterocycles. The Hall–Kier alpha value is -0.610. The van der Waals surface area contributed by atoms with Gasteiger partial charge < -0.3 is 16.4 Å². The highest BCUT2D eigenvalue weighted by Gasteiger charge is 2.26. The second-order valence-electron chi connectivity index (χ2n) is 5.63. The summed E-state index contributed by atoms with van der Waals surface area (Å²) in [5.41, 5.74) is 10.2. The van der Waals surface area contributed by atoms with Crippen molar-refractivity contribution in [2.45, 2.75) is 51.5 Å². The number of amides is 1. The van der Waals surface area contributed by atoms with E-state index in [4.69, 9.17) is 11.5 Å². The molecule has 0 heterocycles. The molecule has 0 bridgehead atoms. The summed E-state index contributed by atoms with van der Waals surface area (Å²) in [6.07, 6.45) is 5.57. The van der Waals surface area contributed by atoms with E-state index in [-0.39, 0.29) is 0 Å². The zero-order valence-electron chi connectivity index (χ0n) is 11.2. The molecule has 0 aliphatic heterocycles. The van der Waals surface area contributed by atoms with Crippen molar-refractivity contribution in [3.05, 3.63) is 0 Å². The van der Waals surface area contributed by atoms with Crippen molar-refractivity contribution in [1.82, 2.24) is 4.90 Å². The number of hydrogen-bond acceptors (Lipinski definition) is 3. The van der Waals surface area contributed by atoms with Gasteiger partial charge in [0, 0.05) is 6.54 Å². The van der Waals surface area contributed by atoms with Crippen LogP contribution >= 0.6 is 0 Å². The van der Waals surface area contributed by atoms with Crippen LogP contribution in [0.2, 0.25) is 0 Å². The summed E-state index contributed by atoms with van der Waals surface area (Å²) in [6.45, 7) is 7.32. The minimum absolute atomic E-state index is 0.401. The van der Waals surface area contributed by atoms with E-state index >= 15 is 0 Å². The lowest BCUT2D eigenvalue weighted by Crippen LogP contribution is -2.49. The number of nitrogens with zero attached hydrogens (tertiary/aromatic N) is 1. The van der Waals surface area contributed by atoms with Crippen LogP contribution < -0.4 is 11.5 Å². The highest BCUT2D eigenvalue weighted by molar-refractivity contribution is 5.83. The lowest BCUT2D eigenvalue weighted by atomic mass is 9.96. The average Bonchev–Trinajstić information content (AvgIpc) is 3.01. The molecule has 4 nitrogen and oxygen atoms in total. The number of carbonyl (C=O) groups excluding carboxylic acids is 1. The maximum Gasteiger partial charge on any atom is 0.237 e. The van der Waals surface area contributed by atoms with Crippen molar-refractivity contribution in [3.8, 4) is 0 Å². The van der Waals surface area contributed by atoms with Gasteiger partial charge in [-0.2, -0.15) is 0 Å². The highest BCUT2D eigenvalue weighted by atomic mass is 16.1. The molecule has 100 valence electrons. The van der Waals surface area contributed by atoms with Gasteiger partial charge in [0.2, 0.25) is 5.91 Å². The predicted molar refractivity (Wildman–Crippen MR) is 70.5 cm³/mol. The van der Waals surface area contributed by atoms with Crippen LogP contribution in [0.15, 0.2) is 0 Å². The van der Waals surface area contributed by atoms with Crippen LogP contribution in [-0.4, -0.2) is 36.0 Å². The van der Waals surface area contributed by atoms with Gasteiger partial charge in [-0.3, -0.25) is 4.79 Å². The predicted octanol–water partition coefficient (Wildman–Crippen LogP) is 1.09. The van der Waals surface area contributed by atoms with E-state index in [2.05, 4.69) is 11.8 Å². The van der Waals surface area contributed by atoms with Crippen LogP contribution in [-0.2, 0) is 4.79 Å². The maximum atomic E-state index is 11.1. The van der Waals surface area contributed by atoms with Crippen molar-refractivity contribution in [3.63, 3.8) is 0 Å². The first-order valence-electron chi connectivity index (χ1n) is 6.77. The molecule has 1 aliphatic rings. The van der Waals surface area contributed by atoms with Gasteiger partial charge in [0.05, 0.1) is 5.54 Å². The lowest BCUT2D eigenvalue weighted by molar-refractivity contribution is -0.122. The second kappa shape index (κ2) is 6.36. The first kappa shape index (κ1) is 14.5. The topological polar surface area (TPSA) is 72.3 Å². The molecule has 1 fully saturated rings. The Balaban J connectivity index is 2.23. The Morgan fingerprint density at radius 1 is 1.41 bits per heavy atom. The monoisotopic (exact) mass is 241 g/mol. The molecular formula is C13H27N3O. The molecule has 4 heteroatoms. The third-order valence-electron chi connectivity index (χ3n) is 3.49. The summed E-state index contributed by atoms with van der Waals surface area (Å²) in [7, 11) is 0. The minimum Gasteiger partial charge on any atom is -0.368 e. The maximum absolute atomic E-state index is 11.1. The van der Waals surface area contributed by atoms with Gasteiger partial charge in [-0.25, -0.2) is 0 Å². The number of carbonyl (C=O) groups is 1. The molecule has 0 aromatic carbocycles. The Morgan fingerprint density at radius 2 is 2.06 bits per heavy atom. The van der Waals surface area contributed by atoms with Crippen molar-refractivity contribution in [2.75, 3.05) is 19.6 Å². The van der Waals surface area contributed by atoms with Crippen LogP contribution in [0, 0.1) is 5.92 Å². The van der Waals surface area contributed by atoms with E-state index in [0.29, 0.717) is 6.42 Å². The molecule has 1 amide bonds. The summed E-state index contributed by atoms with van der Waals surface area (Å²) in [6, 6.07) is 0. The normalized spacial score (nSPS) is 19.3. The van der Waals surface area contributed by atoms with Crippen LogP contribution in [0.4, 0.5) is 0 Å². The highest BCUT2D eigenvalue weighted by Crippen LogP contribution is 2.29. The van der Waals surface area contributed by atoms with E-state index in [1.54, 1.807) is 6.92 Å². The van der Waals surface area contributed by atoms with Gasteiger partial charge in [-0.1, -0.05) is 6.92 Å². The third-order valence-corrected chi connectivity index (χ3v) is 3.49. The zero-order chi connectivity index (χ0) is 12.9. The van der Waals surface area contributed by atoms with Crippen molar-refractivity contribution in [1.29, 1.82) is 0 Å². The smallest absolute Gasteiger partial charge is 0.237 e. The van der Waals surface area contributed by atoms with Gasteiger partial charge in [0.1, 0.15) is 0 Å². The Bertz CT molecular complexity index is 249. The van der Waals surface area contributed by atoms with Gasteiger partial charge in [-0.15, -0.1) is 0 Å². The van der Waals surface area contributed by atoms with Crippen molar-refractivity contribution >= 4 is 5.91 Å². The molecular weight excluding hydrogens is 214 g/mol. The molecule has 0 radical (unpaired) electrons. The largest absolute Gasteiger partial charge is 0.368 e. The molecule has 4 N–H and O–H groups in total. The summed E-state index contributed by atoms with van der Waals surface area (Å²) in [5.74, 6) is 0.517. The van der Waals surface area contributed by atoms with E-state index in [0.717, 1.165) is 25.4 Å². The molecule has 1 aliphatic carbocycles. The zero-order valence-corrected chi connectivity index (χ0v) is 11.2. The fourth-order valence-corrected chi connectivity index (χ4v) is 2.07. The molecule has 1 atom stereocenters. The summed E-state index contributed by atoms with van der Waals surface area (Å²) < 4.78 is 0. The molecule has 0 saturated heterocycles. The lowest BCUT2D eigenvalue weighted by Gasteiger charge is -2.25. The number of rotatable bonds is 9. The first-order valence-corrected chi connectivity index (χ1v) is 6.77. The molecule has 0 aromatic rings. The van der Waals surface area contributed by atoms with Gasteiger partial charge in [0.25, 0.3) is 0 Å². The second-order valence-corrected chi connectivity index (χ2v) is 5.63. The van der Waals surface area contributed by atoms with Crippen LogP contribution in [0.3, 0.4) is 0 Å². The average molecular weight is 241 g/mol. The Kier molecular flexibility index (Phi) is 5.40. The van der Waals surface area contributed by atoms with E-state index in [1.807, 2.05) is 0 Å². The summed E-state index contributed by atoms with van der Waals surface area (Å²) in [5, 5.41) is 0. The van der Waals surface area contributed by atoms with Crippen LogP contribution in [0.25, 0.3) is 0 Å². The molecule has 1 saturated carbocycles. The SMILES string of the molecule is CCCN(CCCC(C)(N)C(N)=O)CC1CC1. The van der Waals surface area contributed by atoms with E-state index in [1.165, 1.54) is 25.8 Å². The van der Waals surface area contributed by atoms with Crippen molar-refractivity contribution < 1.29 is 4.79 Å². The molecule has 17 heavy (non-hydrogen) atoms. The Labute approximate surface area is 105 Å². The molecule has 0 spiro atoms. The van der Waals surface area contributed by atoms with Crippen LogP contribution in [0.1, 0.15) is 46.0 Å². The number of nitrogens with two attached hydrogens (primary N) is 2. The Morgan fingerprint density at radius 3 is 2.53 bits per heavy atom. The number of primary amides is 1. The minimum atomic E-state index is -0.850. The summed E-state index contributed by atoms with van der Waals surface area (Å²) >= 11 is 0. The van der Waals surface area contributed by atoms with E-state index < -0.39 is 11.4 Å². The van der Waals surface area contributed by atoms with E-state index in [9.17, 15) is 4.79 Å². The first-order chi connectivity index (χ1) is 7.95. The molecule has 1 unspecified atom stereocenters. The van der Waals surface area contributed by atoms with Crippen molar-refractivity contribution in [2.24, 2.45) is 17.4 Å². The summed E-state index contributed by atoms with van der Waals surface area (Å²) in [4.78, 5) is 13.6.